The van der Waals surface area contributed by atoms with Crippen molar-refractivity contribution in [1.82, 2.24) is 9.97 Å². The van der Waals surface area contributed by atoms with E-state index in [-0.39, 0.29) is 20.1 Å². The van der Waals surface area contributed by atoms with Gasteiger partial charge in [0.1, 0.15) is 0 Å². The van der Waals surface area contributed by atoms with Crippen LogP contribution in [0, 0.1) is 18.1 Å². The van der Waals surface area contributed by atoms with Gasteiger partial charge in [-0.25, -0.2) is 0 Å². The van der Waals surface area contributed by atoms with Gasteiger partial charge in [-0.3, -0.25) is 0 Å². The summed E-state index contributed by atoms with van der Waals surface area (Å²) in [6.45, 7) is 7.30. The fourth-order valence-electron chi connectivity index (χ4n) is 5.82. The van der Waals surface area contributed by atoms with E-state index in [9.17, 15) is 0 Å². The molecule has 6 rings (SSSR count). The molecule has 3 aromatic carbocycles. The second-order valence-electron chi connectivity index (χ2n) is 12.4. The van der Waals surface area contributed by atoms with Crippen LogP contribution in [0.1, 0.15) is 37.7 Å². The monoisotopic (exact) mass is 775 g/mol. The molecule has 0 amide bonds. The summed E-state index contributed by atoms with van der Waals surface area (Å²) in [7, 11) is 0.299. The molecular formula is C39H42IrN2OSi-2. The molecule has 2 aromatic heterocycles. The van der Waals surface area contributed by atoms with Gasteiger partial charge in [0.05, 0.1) is 15.2 Å². The molecule has 5 aromatic rings. The maximum absolute atomic E-state index is 5.22. The zero-order valence-electron chi connectivity index (χ0n) is 26.3. The Hall–Kier alpha value is -3.37. The third kappa shape index (κ3) is 9.08. The fourth-order valence-corrected chi connectivity index (χ4v) is 7.41. The van der Waals surface area contributed by atoms with Gasteiger partial charge in [0.25, 0.3) is 0 Å². The van der Waals surface area contributed by atoms with E-state index in [0.717, 1.165) is 39.7 Å². The standard InChI is InChI=1S/C21H28NSi.C18H14NO.Ir/c1-23(2,3)21-16-22-20(18-12-8-5-9-13-18)15-19(21)14-17-10-6-4-7-11-17;1-20-17-9-5-8-15(12-17)18-11-10-16(13-19-18)14-6-3-2-4-7-14;/h5,8-9,12,15-17H,4,6-7,10-11,14H2,1-3H3;2-7,9-13H,1H3;/q2*-1;. The summed E-state index contributed by atoms with van der Waals surface area (Å²) in [4.78, 5) is 9.29. The predicted octanol–water partition coefficient (Wildman–Crippen LogP) is 9.44. The minimum atomic E-state index is -1.36. The number of nitrogens with zero attached hydrogens (tertiary/aromatic N) is 2. The topological polar surface area (TPSA) is 35.0 Å². The molecule has 0 saturated heterocycles. The minimum Gasteiger partial charge on any atom is -0.516 e. The number of benzene rings is 3. The molecule has 5 heteroatoms. The number of hydrogen-bond donors (Lipinski definition) is 0. The molecule has 0 N–H and O–H groups in total. The van der Waals surface area contributed by atoms with E-state index < -0.39 is 8.07 Å². The van der Waals surface area contributed by atoms with Crippen LogP contribution in [0.2, 0.25) is 19.6 Å². The van der Waals surface area contributed by atoms with Gasteiger partial charge >= 0.3 is 0 Å². The first-order valence-corrected chi connectivity index (χ1v) is 18.9. The predicted molar refractivity (Wildman–Crippen MR) is 182 cm³/mol. The van der Waals surface area contributed by atoms with Crippen LogP contribution in [-0.4, -0.2) is 25.2 Å². The molecule has 1 saturated carbocycles. The van der Waals surface area contributed by atoms with Crippen LogP contribution in [0.5, 0.6) is 5.75 Å². The Morgan fingerprint density at radius 2 is 1.45 bits per heavy atom. The first-order chi connectivity index (χ1) is 20.9. The molecule has 2 heterocycles. The van der Waals surface area contributed by atoms with Gasteiger partial charge < -0.3 is 14.7 Å². The molecule has 1 aliphatic carbocycles. The van der Waals surface area contributed by atoms with E-state index in [1.54, 1.807) is 17.9 Å². The second kappa shape index (κ2) is 16.1. The number of hydrogen-bond acceptors (Lipinski definition) is 3. The van der Waals surface area contributed by atoms with E-state index in [4.69, 9.17) is 9.72 Å². The Labute approximate surface area is 278 Å². The van der Waals surface area contributed by atoms with E-state index >= 15 is 0 Å². The van der Waals surface area contributed by atoms with Crippen LogP contribution in [0.4, 0.5) is 0 Å². The zero-order chi connectivity index (χ0) is 30.1. The Morgan fingerprint density at radius 1 is 0.727 bits per heavy atom. The Morgan fingerprint density at radius 3 is 2.11 bits per heavy atom. The third-order valence-electron chi connectivity index (χ3n) is 8.17. The van der Waals surface area contributed by atoms with Crippen LogP contribution in [0.15, 0.2) is 103 Å². The quantitative estimate of drug-likeness (QED) is 0.122. The van der Waals surface area contributed by atoms with E-state index in [1.165, 1.54) is 44.1 Å². The third-order valence-corrected chi connectivity index (χ3v) is 10.2. The number of methoxy groups -OCH3 is 1. The van der Waals surface area contributed by atoms with Gasteiger partial charge in [-0.15, -0.1) is 65.7 Å². The molecule has 0 bridgehead atoms. The molecule has 0 atom stereocenters. The van der Waals surface area contributed by atoms with Crippen LogP contribution in [0.3, 0.4) is 0 Å². The Bertz CT molecular complexity index is 1580. The maximum Gasteiger partial charge on any atom is 0.0798 e. The fraction of sp³-hybridized carbons (Fsp3) is 0.282. The number of ether oxygens (including phenoxy) is 1. The first-order valence-electron chi connectivity index (χ1n) is 15.4. The van der Waals surface area contributed by atoms with Gasteiger partial charge in [0.15, 0.2) is 0 Å². The molecule has 0 aliphatic heterocycles. The van der Waals surface area contributed by atoms with E-state index in [2.05, 4.69) is 79.4 Å². The van der Waals surface area contributed by atoms with Gasteiger partial charge in [0, 0.05) is 38.2 Å². The van der Waals surface area contributed by atoms with Crippen molar-refractivity contribution >= 4 is 13.3 Å². The Kier molecular flexibility index (Phi) is 12.3. The van der Waals surface area contributed by atoms with Crippen molar-refractivity contribution < 1.29 is 24.8 Å². The summed E-state index contributed by atoms with van der Waals surface area (Å²) in [6.07, 6.45) is 12.4. The molecule has 0 unspecified atom stereocenters. The van der Waals surface area contributed by atoms with Crippen molar-refractivity contribution in [2.24, 2.45) is 5.92 Å². The number of rotatable bonds is 7. The smallest absolute Gasteiger partial charge is 0.0798 e. The minimum absolute atomic E-state index is 0. The molecule has 1 fully saturated rings. The second-order valence-corrected chi connectivity index (χ2v) is 17.4. The average Bonchev–Trinajstić information content (AvgIpc) is 3.06. The van der Waals surface area contributed by atoms with Gasteiger partial charge in [-0.05, 0) is 40.0 Å². The molecular weight excluding hydrogens is 733 g/mol. The van der Waals surface area contributed by atoms with Crippen molar-refractivity contribution in [2.75, 3.05) is 7.11 Å². The average molecular weight is 775 g/mol. The molecule has 1 radical (unpaired) electrons. The van der Waals surface area contributed by atoms with Crippen LogP contribution >= 0.6 is 0 Å². The maximum atomic E-state index is 5.22. The summed E-state index contributed by atoms with van der Waals surface area (Å²) in [6, 6.07) is 37.0. The summed E-state index contributed by atoms with van der Waals surface area (Å²) in [5, 5.41) is 1.54. The molecule has 0 spiro atoms. The molecule has 3 nitrogen and oxygen atoms in total. The van der Waals surface area contributed by atoms with Crippen LogP contribution in [0.25, 0.3) is 33.6 Å². The molecule has 229 valence electrons. The van der Waals surface area contributed by atoms with Crippen molar-refractivity contribution in [3.05, 3.63) is 121 Å². The first kappa shape index (κ1) is 33.5. The summed E-state index contributed by atoms with van der Waals surface area (Å²) < 4.78 is 5.22. The van der Waals surface area contributed by atoms with E-state index in [1.807, 2.05) is 60.8 Å². The Balaban J connectivity index is 0.000000198. The van der Waals surface area contributed by atoms with Crippen LogP contribution < -0.4 is 9.92 Å². The van der Waals surface area contributed by atoms with E-state index in [0.29, 0.717) is 0 Å². The largest absolute Gasteiger partial charge is 0.516 e. The number of pyridine rings is 2. The number of aromatic nitrogens is 2. The zero-order valence-corrected chi connectivity index (χ0v) is 29.7. The summed E-state index contributed by atoms with van der Waals surface area (Å²) >= 11 is 0. The SMILES string of the molecule is COc1cc[c-]c(-c2ccc(-c3ccccc3)cn2)c1.C[Si](C)(C)c1cnc(-c2[c-]cccc2)cc1CC1CCCCC1.[Ir]. The molecule has 44 heavy (non-hydrogen) atoms. The van der Waals surface area contributed by atoms with Crippen molar-refractivity contribution in [3.63, 3.8) is 0 Å². The van der Waals surface area contributed by atoms with Crippen LogP contribution in [-0.2, 0) is 26.5 Å². The van der Waals surface area contributed by atoms with Gasteiger partial charge in [0.2, 0.25) is 0 Å². The van der Waals surface area contributed by atoms with Gasteiger partial charge in [-0.2, -0.15) is 0 Å². The summed E-state index contributed by atoms with van der Waals surface area (Å²) in [5.41, 5.74) is 7.85. The van der Waals surface area contributed by atoms with Gasteiger partial charge in [-0.1, -0.05) is 106 Å². The summed E-state index contributed by atoms with van der Waals surface area (Å²) in [5.74, 6) is 1.68. The van der Waals surface area contributed by atoms with Crippen molar-refractivity contribution in [3.8, 4) is 39.4 Å². The normalized spacial score (nSPS) is 13.3. The van der Waals surface area contributed by atoms with Crippen molar-refractivity contribution in [1.29, 1.82) is 0 Å². The molecule has 1 aliphatic rings. The van der Waals surface area contributed by atoms with Crippen molar-refractivity contribution in [2.45, 2.75) is 58.2 Å².